The minimum atomic E-state index is -4.79. The zero-order chi connectivity index (χ0) is 20.2. The van der Waals surface area contributed by atoms with E-state index >= 15 is 0 Å². The number of nitrogens with one attached hydrogen (secondary N) is 2. The largest absolute Gasteiger partial charge is 0.416 e. The van der Waals surface area contributed by atoms with Gasteiger partial charge in [-0.05, 0) is 30.3 Å². The molecule has 0 saturated carbocycles. The second-order valence-electron chi connectivity index (χ2n) is 5.10. The molecule has 0 aliphatic heterocycles. The zero-order valence-corrected chi connectivity index (χ0v) is 13.3. The summed E-state index contributed by atoms with van der Waals surface area (Å²) in [6.07, 6.45) is -4.79. The van der Waals surface area contributed by atoms with Gasteiger partial charge in [0.25, 0.3) is 5.91 Å². The van der Waals surface area contributed by atoms with E-state index in [1.54, 1.807) is 0 Å². The smallest absolute Gasteiger partial charge is 0.394 e. The highest BCUT2D eigenvalue weighted by Crippen LogP contribution is 2.33. The quantitative estimate of drug-likeness (QED) is 0.398. The van der Waals surface area contributed by atoms with Crippen LogP contribution >= 0.6 is 0 Å². The Hall–Kier alpha value is -2.79. The molecule has 2 rings (SSSR count). The van der Waals surface area contributed by atoms with Crippen LogP contribution in [0.5, 0.6) is 0 Å². The summed E-state index contributed by atoms with van der Waals surface area (Å²) in [5.41, 5.74) is -1.36. The standard InChI is InChI=1S/C16H12F6N2O3/c17-10-3-2-9(15(26)24-27-6-5-25)14(13(10)19)23-12-4-1-8(7-11(12)18)16(20,21)22/h1-4,7,23,25H,5-6H2,(H,24,26). The first-order valence-corrected chi connectivity index (χ1v) is 7.30. The maximum atomic E-state index is 14.1. The lowest BCUT2D eigenvalue weighted by Crippen LogP contribution is -2.26. The number of hydrogen-bond donors (Lipinski definition) is 3. The Bertz CT molecular complexity index is 842. The Labute approximate surface area is 148 Å². The van der Waals surface area contributed by atoms with E-state index in [0.29, 0.717) is 18.2 Å². The minimum Gasteiger partial charge on any atom is -0.394 e. The van der Waals surface area contributed by atoms with Crippen LogP contribution in [0.25, 0.3) is 0 Å². The molecule has 0 heterocycles. The maximum absolute atomic E-state index is 14.1. The number of hydroxylamine groups is 1. The van der Waals surface area contributed by atoms with Crippen molar-refractivity contribution in [1.82, 2.24) is 5.48 Å². The number of hydrogen-bond acceptors (Lipinski definition) is 4. The number of benzene rings is 2. The monoisotopic (exact) mass is 394 g/mol. The van der Waals surface area contributed by atoms with E-state index in [-0.39, 0.29) is 12.7 Å². The predicted molar refractivity (Wildman–Crippen MR) is 81.5 cm³/mol. The number of carbonyl (C=O) groups excluding carboxylic acids is 1. The number of alkyl halides is 3. The molecule has 5 nitrogen and oxygen atoms in total. The van der Waals surface area contributed by atoms with Crippen LogP contribution in [0.2, 0.25) is 0 Å². The number of amides is 1. The maximum Gasteiger partial charge on any atom is 0.416 e. The first-order valence-electron chi connectivity index (χ1n) is 7.30. The van der Waals surface area contributed by atoms with Crippen LogP contribution in [0.15, 0.2) is 30.3 Å². The summed E-state index contributed by atoms with van der Waals surface area (Å²) < 4.78 is 79.3. The van der Waals surface area contributed by atoms with Crippen molar-refractivity contribution >= 4 is 17.3 Å². The molecule has 0 saturated heterocycles. The molecular formula is C16H12F6N2O3. The number of rotatable bonds is 6. The highest BCUT2D eigenvalue weighted by atomic mass is 19.4. The Balaban J connectivity index is 2.38. The summed E-state index contributed by atoms with van der Waals surface area (Å²) >= 11 is 0. The fourth-order valence-electron chi connectivity index (χ4n) is 2.01. The van der Waals surface area contributed by atoms with E-state index in [4.69, 9.17) is 5.11 Å². The second kappa shape index (κ2) is 8.27. The fraction of sp³-hybridized carbons (Fsp3) is 0.188. The molecule has 27 heavy (non-hydrogen) atoms. The molecule has 1 amide bonds. The van der Waals surface area contributed by atoms with Gasteiger partial charge in [0.2, 0.25) is 0 Å². The lowest BCUT2D eigenvalue weighted by atomic mass is 10.1. The van der Waals surface area contributed by atoms with Crippen molar-refractivity contribution in [2.24, 2.45) is 0 Å². The number of halogens is 6. The van der Waals surface area contributed by atoms with Crippen molar-refractivity contribution in [3.05, 3.63) is 58.9 Å². The third-order valence-electron chi connectivity index (χ3n) is 3.25. The molecule has 0 aromatic heterocycles. The van der Waals surface area contributed by atoms with Crippen molar-refractivity contribution in [2.75, 3.05) is 18.5 Å². The van der Waals surface area contributed by atoms with Gasteiger partial charge in [-0.15, -0.1) is 0 Å². The highest BCUT2D eigenvalue weighted by Gasteiger charge is 2.31. The summed E-state index contributed by atoms with van der Waals surface area (Å²) in [5, 5.41) is 10.6. The Morgan fingerprint density at radius 1 is 1.07 bits per heavy atom. The van der Waals surface area contributed by atoms with Crippen molar-refractivity contribution in [1.29, 1.82) is 0 Å². The van der Waals surface area contributed by atoms with Gasteiger partial charge in [-0.1, -0.05) is 0 Å². The van der Waals surface area contributed by atoms with Crippen molar-refractivity contribution in [2.45, 2.75) is 6.18 Å². The SMILES string of the molecule is O=C(NOCCO)c1ccc(F)c(F)c1Nc1ccc(C(F)(F)F)cc1F. The van der Waals surface area contributed by atoms with Crippen molar-refractivity contribution in [3.63, 3.8) is 0 Å². The molecule has 0 aliphatic rings. The van der Waals surface area contributed by atoms with E-state index in [1.165, 1.54) is 0 Å². The van der Waals surface area contributed by atoms with Gasteiger partial charge in [0, 0.05) is 0 Å². The van der Waals surface area contributed by atoms with E-state index in [1.807, 2.05) is 5.48 Å². The summed E-state index contributed by atoms with van der Waals surface area (Å²) in [4.78, 5) is 16.5. The molecule has 0 spiro atoms. The summed E-state index contributed by atoms with van der Waals surface area (Å²) in [7, 11) is 0. The van der Waals surface area contributed by atoms with Crippen LogP contribution < -0.4 is 10.8 Å². The molecule has 2 aromatic carbocycles. The van der Waals surface area contributed by atoms with Gasteiger partial charge >= 0.3 is 6.18 Å². The molecular weight excluding hydrogens is 382 g/mol. The molecule has 2 aromatic rings. The Kier molecular flexibility index (Phi) is 6.28. The number of carbonyl (C=O) groups is 1. The summed E-state index contributed by atoms with van der Waals surface area (Å²) in [5.74, 6) is -5.38. The van der Waals surface area contributed by atoms with Gasteiger partial charge in [-0.2, -0.15) is 13.2 Å². The van der Waals surface area contributed by atoms with Gasteiger partial charge in [0.05, 0.1) is 35.7 Å². The number of aliphatic hydroxyl groups is 1. The average Bonchev–Trinajstić information content (AvgIpc) is 2.59. The topological polar surface area (TPSA) is 70.6 Å². The van der Waals surface area contributed by atoms with E-state index in [9.17, 15) is 31.1 Å². The zero-order valence-electron chi connectivity index (χ0n) is 13.3. The third-order valence-corrected chi connectivity index (χ3v) is 3.25. The Morgan fingerprint density at radius 2 is 1.78 bits per heavy atom. The summed E-state index contributed by atoms with van der Waals surface area (Å²) in [6, 6.07) is 2.87. The third kappa shape index (κ3) is 4.89. The molecule has 11 heteroatoms. The van der Waals surface area contributed by atoms with E-state index in [2.05, 4.69) is 10.2 Å². The van der Waals surface area contributed by atoms with E-state index in [0.717, 1.165) is 6.07 Å². The van der Waals surface area contributed by atoms with Crippen molar-refractivity contribution in [3.8, 4) is 0 Å². The van der Waals surface area contributed by atoms with Crippen LogP contribution in [0.1, 0.15) is 15.9 Å². The molecule has 0 atom stereocenters. The molecule has 0 bridgehead atoms. The van der Waals surface area contributed by atoms with Crippen LogP contribution in [0, 0.1) is 17.5 Å². The van der Waals surface area contributed by atoms with Crippen LogP contribution in [0.3, 0.4) is 0 Å². The number of aliphatic hydroxyl groups excluding tert-OH is 1. The number of anilines is 2. The second-order valence-corrected chi connectivity index (χ2v) is 5.10. The average molecular weight is 394 g/mol. The van der Waals surface area contributed by atoms with Gasteiger partial charge in [-0.3, -0.25) is 9.63 Å². The fourth-order valence-corrected chi connectivity index (χ4v) is 2.01. The Morgan fingerprint density at radius 3 is 2.37 bits per heavy atom. The lowest BCUT2D eigenvalue weighted by Gasteiger charge is -2.15. The molecule has 146 valence electrons. The summed E-state index contributed by atoms with van der Waals surface area (Å²) in [6.45, 7) is -0.717. The van der Waals surface area contributed by atoms with Gasteiger partial charge in [0.15, 0.2) is 11.6 Å². The molecule has 0 aliphatic carbocycles. The molecule has 3 N–H and O–H groups in total. The molecule has 0 radical (unpaired) electrons. The highest BCUT2D eigenvalue weighted by molar-refractivity contribution is 5.99. The van der Waals surface area contributed by atoms with E-state index < -0.39 is 58.6 Å². The molecule has 0 fully saturated rings. The minimum absolute atomic E-state index is 0.170. The predicted octanol–water partition coefficient (Wildman–Crippen LogP) is 3.52. The lowest BCUT2D eigenvalue weighted by molar-refractivity contribution is -0.137. The van der Waals surface area contributed by atoms with Crippen LogP contribution in [-0.2, 0) is 11.0 Å². The van der Waals surface area contributed by atoms with Crippen LogP contribution in [0.4, 0.5) is 37.7 Å². The van der Waals surface area contributed by atoms with Gasteiger partial charge < -0.3 is 10.4 Å². The van der Waals surface area contributed by atoms with Crippen LogP contribution in [-0.4, -0.2) is 24.2 Å². The van der Waals surface area contributed by atoms with Crippen molar-refractivity contribution < 1.29 is 41.1 Å². The van der Waals surface area contributed by atoms with Gasteiger partial charge in [-0.25, -0.2) is 18.7 Å². The van der Waals surface area contributed by atoms with Gasteiger partial charge in [0.1, 0.15) is 5.82 Å². The molecule has 0 unspecified atom stereocenters. The first-order chi connectivity index (χ1) is 12.6. The normalized spacial score (nSPS) is 11.4. The first kappa shape index (κ1) is 20.5.